The van der Waals surface area contributed by atoms with E-state index in [2.05, 4.69) is 16.0 Å². The second-order valence-corrected chi connectivity index (χ2v) is 17.4. The molecule has 0 bridgehead atoms. The lowest BCUT2D eigenvalue weighted by molar-refractivity contribution is -0.150. The van der Waals surface area contributed by atoms with Gasteiger partial charge in [0.1, 0.15) is 18.1 Å². The van der Waals surface area contributed by atoms with Crippen LogP contribution in [0.25, 0.3) is 0 Å². The Bertz CT molecular complexity index is 1880. The summed E-state index contributed by atoms with van der Waals surface area (Å²) >= 11 is 12.2. The van der Waals surface area contributed by atoms with Gasteiger partial charge in [-0.25, -0.2) is 0 Å². The molecule has 5 amide bonds. The molecule has 4 atom stereocenters. The molecule has 2 aliphatic heterocycles. The van der Waals surface area contributed by atoms with E-state index < -0.39 is 41.9 Å². The van der Waals surface area contributed by atoms with Crippen LogP contribution in [0.2, 0.25) is 10.0 Å². The second kappa shape index (κ2) is 21.7. The molecule has 3 aromatic carbocycles. The highest BCUT2D eigenvalue weighted by molar-refractivity contribution is 6.42. The van der Waals surface area contributed by atoms with Crippen LogP contribution in [-0.2, 0) is 43.2 Å². The lowest BCUT2D eigenvalue weighted by atomic mass is 9.71. The molecule has 2 heterocycles. The summed E-state index contributed by atoms with van der Waals surface area (Å²) < 4.78 is 0. The zero-order valence-electron chi connectivity index (χ0n) is 34.1. The van der Waals surface area contributed by atoms with E-state index in [0.29, 0.717) is 74.9 Å². The van der Waals surface area contributed by atoms with Crippen molar-refractivity contribution in [2.24, 2.45) is 22.8 Å². The molecule has 2 aliphatic rings. The van der Waals surface area contributed by atoms with E-state index in [9.17, 15) is 24.0 Å². The van der Waals surface area contributed by atoms with Crippen molar-refractivity contribution in [3.8, 4) is 0 Å². The summed E-state index contributed by atoms with van der Waals surface area (Å²) in [6.07, 6.45) is 4.24. The summed E-state index contributed by atoms with van der Waals surface area (Å²) in [7, 11) is 0. The van der Waals surface area contributed by atoms with Gasteiger partial charge in [0, 0.05) is 38.0 Å². The van der Waals surface area contributed by atoms with Crippen LogP contribution in [0.4, 0.5) is 0 Å². The van der Waals surface area contributed by atoms with Crippen LogP contribution in [-0.4, -0.2) is 96.2 Å². The Labute approximate surface area is 358 Å². The number of hydrogen-bond donors (Lipinski definition) is 5. The highest BCUT2D eigenvalue weighted by atomic mass is 35.5. The van der Waals surface area contributed by atoms with Crippen LogP contribution >= 0.6 is 23.2 Å². The van der Waals surface area contributed by atoms with E-state index in [0.717, 1.165) is 29.5 Å². The summed E-state index contributed by atoms with van der Waals surface area (Å²) in [5.74, 6) is -1.59. The van der Waals surface area contributed by atoms with Crippen molar-refractivity contribution in [1.29, 1.82) is 0 Å². The Balaban J connectivity index is 1.21. The number of halogens is 2. The molecule has 5 rings (SSSR count). The van der Waals surface area contributed by atoms with Crippen molar-refractivity contribution in [1.82, 2.24) is 25.8 Å². The Morgan fingerprint density at radius 2 is 1.27 bits per heavy atom. The zero-order valence-corrected chi connectivity index (χ0v) is 35.6. The normalized spacial score (nSPS) is 16.7. The van der Waals surface area contributed by atoms with Crippen LogP contribution < -0.4 is 27.4 Å². The maximum Gasteiger partial charge on any atom is 0.245 e. The number of amides is 5. The minimum absolute atomic E-state index is 0.0232. The standard InChI is InChI=1S/C45H59Cl2N7O5/c1-30(2)23-38(52-43(58)39(26-32-13-7-4-8-14-32)51-41(56)36(49)25-31-11-5-3-6-12-31)42(57)50-37(15-9-10-20-48)44(59)53-21-18-45(19-22-53)28-54(29-45)40(55)27-33-16-17-34(46)35(47)24-33/h3-8,11-14,16-17,24,30,36-39H,9-10,15,18-23,25-29,48-49H2,1-2H3,(H,50,57)(H,51,56)(H,52,58)/t36-,37-,38-,39-/m1/s1. The molecule has 0 saturated carbocycles. The van der Waals surface area contributed by atoms with E-state index in [1.807, 2.05) is 79.4 Å². The number of piperidine rings is 1. The fourth-order valence-electron chi connectivity index (χ4n) is 7.91. The number of unbranched alkanes of at least 4 members (excludes halogenated alkanes) is 1. The number of nitrogens with zero attached hydrogens (tertiary/aromatic N) is 2. The molecule has 12 nitrogen and oxygen atoms in total. The molecule has 0 aliphatic carbocycles. The Morgan fingerprint density at radius 3 is 1.86 bits per heavy atom. The topological polar surface area (TPSA) is 180 Å². The number of benzene rings is 3. The number of carbonyl (C=O) groups is 5. The molecule has 14 heteroatoms. The summed E-state index contributed by atoms with van der Waals surface area (Å²) in [6.45, 7) is 6.65. The fourth-order valence-corrected chi connectivity index (χ4v) is 8.23. The van der Waals surface area contributed by atoms with Crippen molar-refractivity contribution in [2.45, 2.75) is 95.8 Å². The van der Waals surface area contributed by atoms with Crippen molar-refractivity contribution in [3.63, 3.8) is 0 Å². The molecule has 3 aromatic rings. The van der Waals surface area contributed by atoms with Gasteiger partial charge in [-0.15, -0.1) is 0 Å². The lowest BCUT2D eigenvalue weighted by Gasteiger charge is -2.54. The Hall–Kier alpha value is -4.49. The molecule has 1 spiro atoms. The third-order valence-corrected chi connectivity index (χ3v) is 12.1. The molecule has 59 heavy (non-hydrogen) atoms. The molecule has 318 valence electrons. The van der Waals surface area contributed by atoms with E-state index >= 15 is 0 Å². The average molecular weight is 849 g/mol. The first kappa shape index (κ1) is 45.6. The average Bonchev–Trinajstić information content (AvgIpc) is 3.20. The van der Waals surface area contributed by atoms with Crippen molar-refractivity contribution in [3.05, 3.63) is 106 Å². The minimum Gasteiger partial charge on any atom is -0.343 e. The molecule has 7 N–H and O–H groups in total. The van der Waals surface area contributed by atoms with Crippen molar-refractivity contribution in [2.75, 3.05) is 32.7 Å². The smallest absolute Gasteiger partial charge is 0.245 e. The van der Waals surface area contributed by atoms with Gasteiger partial charge in [0.25, 0.3) is 0 Å². The number of hydrogen-bond acceptors (Lipinski definition) is 7. The number of likely N-dealkylation sites (tertiary alicyclic amines) is 2. The van der Waals surface area contributed by atoms with Crippen molar-refractivity contribution < 1.29 is 24.0 Å². The van der Waals surface area contributed by atoms with Crippen LogP contribution in [0.15, 0.2) is 78.9 Å². The van der Waals surface area contributed by atoms with Crippen LogP contribution in [0.5, 0.6) is 0 Å². The van der Waals surface area contributed by atoms with Crippen LogP contribution in [0.3, 0.4) is 0 Å². The molecule has 2 fully saturated rings. The monoisotopic (exact) mass is 847 g/mol. The first-order valence-corrected chi connectivity index (χ1v) is 21.5. The first-order chi connectivity index (χ1) is 28.3. The van der Waals surface area contributed by atoms with E-state index in [1.54, 1.807) is 23.1 Å². The summed E-state index contributed by atoms with van der Waals surface area (Å²) in [5, 5.41) is 9.62. The highest BCUT2D eigenvalue weighted by Crippen LogP contribution is 2.41. The van der Waals surface area contributed by atoms with E-state index in [-0.39, 0.29) is 36.0 Å². The molecular weight excluding hydrogens is 789 g/mol. The lowest BCUT2D eigenvalue weighted by Crippen LogP contribution is -2.63. The summed E-state index contributed by atoms with van der Waals surface area (Å²) in [4.78, 5) is 72.3. The summed E-state index contributed by atoms with van der Waals surface area (Å²) in [5.41, 5.74) is 14.6. The highest BCUT2D eigenvalue weighted by Gasteiger charge is 2.47. The van der Waals surface area contributed by atoms with Gasteiger partial charge in [0.2, 0.25) is 29.5 Å². The van der Waals surface area contributed by atoms with Crippen LogP contribution in [0.1, 0.15) is 69.1 Å². The third-order valence-electron chi connectivity index (χ3n) is 11.3. The fraction of sp³-hybridized carbons (Fsp3) is 0.489. The molecule has 2 saturated heterocycles. The maximum absolute atomic E-state index is 14.1. The SMILES string of the molecule is CC(C)C[C@@H](NC(=O)[C@@H](Cc1ccccc1)NC(=O)[C@H](N)Cc1ccccc1)C(=O)N[C@H](CCCCN)C(=O)N1CCC2(CC1)CN(C(=O)Cc1ccc(Cl)c(Cl)c1)C2. The zero-order chi connectivity index (χ0) is 42.5. The molecule has 0 aromatic heterocycles. The van der Waals surface area contributed by atoms with Gasteiger partial charge in [0.15, 0.2) is 0 Å². The van der Waals surface area contributed by atoms with Gasteiger partial charge in [-0.2, -0.15) is 0 Å². The number of nitrogens with two attached hydrogens (primary N) is 2. The van der Waals surface area contributed by atoms with E-state index in [4.69, 9.17) is 34.7 Å². The van der Waals surface area contributed by atoms with Crippen LogP contribution in [0, 0.1) is 11.3 Å². The third kappa shape index (κ3) is 13.3. The maximum atomic E-state index is 14.1. The van der Waals surface area contributed by atoms with Gasteiger partial charge in [-0.3, -0.25) is 24.0 Å². The number of carbonyl (C=O) groups excluding carboxylic acids is 5. The minimum atomic E-state index is -1.01. The van der Waals surface area contributed by atoms with Gasteiger partial charge in [0.05, 0.1) is 22.5 Å². The van der Waals surface area contributed by atoms with Gasteiger partial charge in [-0.1, -0.05) is 104 Å². The summed E-state index contributed by atoms with van der Waals surface area (Å²) in [6, 6.07) is 20.3. The van der Waals surface area contributed by atoms with E-state index in [1.165, 1.54) is 0 Å². The molecular formula is C45H59Cl2N7O5. The van der Waals surface area contributed by atoms with Gasteiger partial charge in [-0.05, 0) is 86.2 Å². The predicted molar refractivity (Wildman–Crippen MR) is 231 cm³/mol. The van der Waals surface area contributed by atoms with Gasteiger partial charge >= 0.3 is 0 Å². The number of rotatable bonds is 19. The molecule has 0 unspecified atom stereocenters. The predicted octanol–water partition coefficient (Wildman–Crippen LogP) is 4.43. The molecule has 0 radical (unpaired) electrons. The second-order valence-electron chi connectivity index (χ2n) is 16.6. The largest absolute Gasteiger partial charge is 0.343 e. The Morgan fingerprint density at radius 1 is 0.695 bits per heavy atom. The Kier molecular flexibility index (Phi) is 16.7. The number of nitrogens with one attached hydrogen (secondary N) is 3. The van der Waals surface area contributed by atoms with Gasteiger partial charge < -0.3 is 37.2 Å². The first-order valence-electron chi connectivity index (χ1n) is 20.7. The van der Waals surface area contributed by atoms with Crippen molar-refractivity contribution >= 4 is 52.7 Å². The quantitative estimate of drug-likeness (QED) is 0.111.